The third-order valence-electron chi connectivity index (χ3n) is 3.10. The SMILES string of the molecule is CNC(/C=C/N1CCCC1)c1ccccc1. The zero-order chi connectivity index (χ0) is 11.2. The van der Waals surface area contributed by atoms with Crippen LogP contribution >= 0.6 is 0 Å². The number of nitrogens with zero attached hydrogens (tertiary/aromatic N) is 1. The average molecular weight is 216 g/mol. The van der Waals surface area contributed by atoms with Crippen molar-refractivity contribution in [2.24, 2.45) is 0 Å². The third kappa shape index (κ3) is 2.86. The van der Waals surface area contributed by atoms with Crippen LogP contribution in [0.25, 0.3) is 0 Å². The number of rotatable bonds is 4. The van der Waals surface area contributed by atoms with E-state index in [-0.39, 0.29) is 0 Å². The monoisotopic (exact) mass is 216 g/mol. The van der Waals surface area contributed by atoms with Crippen LogP contribution in [0.3, 0.4) is 0 Å². The van der Waals surface area contributed by atoms with E-state index in [9.17, 15) is 0 Å². The molecule has 86 valence electrons. The van der Waals surface area contributed by atoms with Gasteiger partial charge in [0, 0.05) is 13.1 Å². The quantitative estimate of drug-likeness (QED) is 0.832. The summed E-state index contributed by atoms with van der Waals surface area (Å²) in [6.45, 7) is 2.42. The van der Waals surface area contributed by atoms with E-state index in [4.69, 9.17) is 0 Å². The van der Waals surface area contributed by atoms with E-state index in [0.717, 1.165) is 0 Å². The van der Waals surface area contributed by atoms with Crippen LogP contribution in [0.5, 0.6) is 0 Å². The van der Waals surface area contributed by atoms with Crippen molar-refractivity contribution in [3.05, 3.63) is 48.2 Å². The van der Waals surface area contributed by atoms with Crippen LogP contribution in [0.1, 0.15) is 24.4 Å². The number of hydrogen-bond donors (Lipinski definition) is 1. The fraction of sp³-hybridized carbons (Fsp3) is 0.429. The van der Waals surface area contributed by atoms with Gasteiger partial charge in [0.15, 0.2) is 0 Å². The van der Waals surface area contributed by atoms with Gasteiger partial charge in [-0.15, -0.1) is 0 Å². The minimum Gasteiger partial charge on any atom is -0.378 e. The van der Waals surface area contributed by atoms with E-state index in [1.54, 1.807) is 0 Å². The van der Waals surface area contributed by atoms with Gasteiger partial charge in [0.2, 0.25) is 0 Å². The Morgan fingerprint density at radius 3 is 2.50 bits per heavy atom. The Hall–Kier alpha value is -1.28. The summed E-state index contributed by atoms with van der Waals surface area (Å²) in [6.07, 6.45) is 7.15. The van der Waals surface area contributed by atoms with Gasteiger partial charge in [-0.05, 0) is 37.7 Å². The Morgan fingerprint density at radius 2 is 1.88 bits per heavy atom. The molecule has 0 saturated carbocycles. The highest BCUT2D eigenvalue weighted by Gasteiger charge is 2.08. The van der Waals surface area contributed by atoms with Gasteiger partial charge in [0.1, 0.15) is 0 Å². The molecule has 0 spiro atoms. The van der Waals surface area contributed by atoms with Crippen molar-refractivity contribution < 1.29 is 0 Å². The van der Waals surface area contributed by atoms with Crippen LogP contribution < -0.4 is 5.32 Å². The molecule has 1 aliphatic rings. The van der Waals surface area contributed by atoms with Gasteiger partial charge in [-0.25, -0.2) is 0 Å². The smallest absolute Gasteiger partial charge is 0.0520 e. The molecule has 1 aromatic rings. The van der Waals surface area contributed by atoms with E-state index in [0.29, 0.717) is 6.04 Å². The van der Waals surface area contributed by atoms with Gasteiger partial charge in [0.25, 0.3) is 0 Å². The first kappa shape index (κ1) is 11.2. The van der Waals surface area contributed by atoms with Crippen molar-refractivity contribution in [2.45, 2.75) is 18.9 Å². The van der Waals surface area contributed by atoms with E-state index in [1.165, 1.54) is 31.5 Å². The zero-order valence-electron chi connectivity index (χ0n) is 9.89. The highest BCUT2D eigenvalue weighted by molar-refractivity contribution is 5.22. The van der Waals surface area contributed by atoms with Crippen LogP contribution in [0.2, 0.25) is 0 Å². The summed E-state index contributed by atoms with van der Waals surface area (Å²) >= 11 is 0. The van der Waals surface area contributed by atoms with Crippen LogP contribution in [0.15, 0.2) is 42.6 Å². The molecule has 0 bridgehead atoms. The van der Waals surface area contributed by atoms with E-state index < -0.39 is 0 Å². The fourth-order valence-electron chi connectivity index (χ4n) is 2.13. The lowest BCUT2D eigenvalue weighted by atomic mass is 10.1. The lowest BCUT2D eigenvalue weighted by Gasteiger charge is -2.15. The average Bonchev–Trinajstić information content (AvgIpc) is 2.84. The maximum absolute atomic E-state index is 3.33. The molecule has 1 aromatic carbocycles. The van der Waals surface area contributed by atoms with Gasteiger partial charge < -0.3 is 10.2 Å². The summed E-state index contributed by atoms with van der Waals surface area (Å²) in [5.74, 6) is 0. The maximum atomic E-state index is 3.33. The Labute approximate surface area is 98.0 Å². The molecule has 0 aromatic heterocycles. The van der Waals surface area contributed by atoms with Gasteiger partial charge in [-0.2, -0.15) is 0 Å². The van der Waals surface area contributed by atoms with Crippen LogP contribution in [0, 0.1) is 0 Å². The second-order valence-electron chi connectivity index (χ2n) is 4.26. The maximum Gasteiger partial charge on any atom is 0.0520 e. The predicted molar refractivity (Wildman–Crippen MR) is 68.2 cm³/mol. The first-order valence-electron chi connectivity index (χ1n) is 6.05. The molecule has 2 nitrogen and oxygen atoms in total. The molecular weight excluding hydrogens is 196 g/mol. The summed E-state index contributed by atoms with van der Waals surface area (Å²) in [6, 6.07) is 10.9. The van der Waals surface area contributed by atoms with Gasteiger partial charge >= 0.3 is 0 Å². The molecule has 1 fully saturated rings. The number of likely N-dealkylation sites (tertiary alicyclic amines) is 1. The molecule has 0 aliphatic carbocycles. The Morgan fingerprint density at radius 1 is 1.19 bits per heavy atom. The second kappa shape index (κ2) is 5.71. The van der Waals surface area contributed by atoms with Crippen LogP contribution in [0.4, 0.5) is 0 Å². The Kier molecular flexibility index (Phi) is 4.00. The lowest BCUT2D eigenvalue weighted by Crippen LogP contribution is -2.16. The minimum atomic E-state index is 0.321. The lowest BCUT2D eigenvalue weighted by molar-refractivity contribution is 0.463. The number of nitrogens with one attached hydrogen (secondary N) is 1. The summed E-state index contributed by atoms with van der Waals surface area (Å²) in [7, 11) is 2.01. The molecule has 2 heteroatoms. The molecule has 16 heavy (non-hydrogen) atoms. The highest BCUT2D eigenvalue weighted by Crippen LogP contribution is 2.15. The standard InChI is InChI=1S/C14H20N2/c1-15-14(13-7-3-2-4-8-13)9-12-16-10-5-6-11-16/h2-4,7-9,12,14-15H,5-6,10-11H2,1H3/b12-9+. The van der Waals surface area contributed by atoms with E-state index in [1.807, 2.05) is 7.05 Å². The molecule has 2 rings (SSSR count). The fourth-order valence-corrected chi connectivity index (χ4v) is 2.13. The van der Waals surface area contributed by atoms with Gasteiger partial charge in [-0.1, -0.05) is 30.3 Å². The predicted octanol–water partition coefficient (Wildman–Crippen LogP) is 2.56. The molecule has 0 amide bonds. The molecule has 0 radical (unpaired) electrons. The van der Waals surface area contributed by atoms with Crippen molar-refractivity contribution >= 4 is 0 Å². The van der Waals surface area contributed by atoms with E-state index in [2.05, 4.69) is 52.8 Å². The highest BCUT2D eigenvalue weighted by atomic mass is 15.1. The van der Waals surface area contributed by atoms with E-state index >= 15 is 0 Å². The topological polar surface area (TPSA) is 15.3 Å². The van der Waals surface area contributed by atoms with Crippen molar-refractivity contribution in [1.29, 1.82) is 0 Å². The first-order chi connectivity index (χ1) is 7.90. The second-order valence-corrected chi connectivity index (χ2v) is 4.26. The van der Waals surface area contributed by atoms with Crippen molar-refractivity contribution in [1.82, 2.24) is 10.2 Å². The van der Waals surface area contributed by atoms with Gasteiger partial charge in [0.05, 0.1) is 6.04 Å². The largest absolute Gasteiger partial charge is 0.378 e. The summed E-state index contributed by atoms with van der Waals surface area (Å²) in [5, 5.41) is 3.33. The molecule has 1 aliphatic heterocycles. The summed E-state index contributed by atoms with van der Waals surface area (Å²) in [5.41, 5.74) is 1.32. The summed E-state index contributed by atoms with van der Waals surface area (Å²) < 4.78 is 0. The summed E-state index contributed by atoms with van der Waals surface area (Å²) in [4.78, 5) is 2.40. The minimum absolute atomic E-state index is 0.321. The number of likely N-dealkylation sites (N-methyl/N-ethyl adjacent to an activating group) is 1. The first-order valence-corrected chi connectivity index (χ1v) is 6.05. The van der Waals surface area contributed by atoms with Crippen molar-refractivity contribution in [3.8, 4) is 0 Å². The Balaban J connectivity index is 2.00. The molecule has 1 unspecified atom stereocenters. The number of benzene rings is 1. The zero-order valence-corrected chi connectivity index (χ0v) is 9.89. The molecular formula is C14H20N2. The van der Waals surface area contributed by atoms with Gasteiger partial charge in [-0.3, -0.25) is 0 Å². The molecule has 1 saturated heterocycles. The molecule has 1 atom stereocenters. The normalized spacial score (nSPS) is 18.2. The molecule has 1 heterocycles. The van der Waals surface area contributed by atoms with Crippen LogP contribution in [-0.4, -0.2) is 25.0 Å². The third-order valence-corrected chi connectivity index (χ3v) is 3.10. The Bertz CT molecular complexity index is 326. The van der Waals surface area contributed by atoms with Crippen LogP contribution in [-0.2, 0) is 0 Å². The number of hydrogen-bond acceptors (Lipinski definition) is 2. The van der Waals surface area contributed by atoms with Crippen molar-refractivity contribution in [3.63, 3.8) is 0 Å². The van der Waals surface area contributed by atoms with Crippen molar-refractivity contribution in [2.75, 3.05) is 20.1 Å². The molecule has 1 N–H and O–H groups in total.